The molecule has 0 aromatic rings. The van der Waals surface area contributed by atoms with Gasteiger partial charge in [0.2, 0.25) is 0 Å². The van der Waals surface area contributed by atoms with E-state index in [2.05, 4.69) is 12.2 Å². The van der Waals surface area contributed by atoms with Gasteiger partial charge in [-0.2, -0.15) is 0 Å². The first kappa shape index (κ1) is 12.4. The lowest BCUT2D eigenvalue weighted by molar-refractivity contribution is 0.291. The molecule has 2 atom stereocenters. The molecule has 0 radical (unpaired) electrons. The van der Waals surface area contributed by atoms with Crippen LogP contribution in [0.3, 0.4) is 0 Å². The highest BCUT2D eigenvalue weighted by Crippen LogP contribution is 2.26. The second kappa shape index (κ2) is 6.64. The van der Waals surface area contributed by atoms with Gasteiger partial charge in [0.15, 0.2) is 0 Å². The summed E-state index contributed by atoms with van der Waals surface area (Å²) in [6, 6.07) is 0.824. The summed E-state index contributed by atoms with van der Waals surface area (Å²) in [6.45, 7) is 3.75. The third-order valence-electron chi connectivity index (χ3n) is 4.75. The van der Waals surface area contributed by atoms with Crippen LogP contribution in [-0.2, 0) is 0 Å². The van der Waals surface area contributed by atoms with E-state index in [9.17, 15) is 0 Å². The Kier molecular flexibility index (Phi) is 5.15. The average molecular weight is 223 g/mol. The zero-order valence-corrected chi connectivity index (χ0v) is 11.0. The summed E-state index contributed by atoms with van der Waals surface area (Å²) in [6.07, 6.45) is 14.6. The number of hydrogen-bond acceptors (Lipinski definition) is 1. The highest BCUT2D eigenvalue weighted by Gasteiger charge is 2.21. The third kappa shape index (κ3) is 3.76. The number of hydrogen-bond donors (Lipinski definition) is 1. The van der Waals surface area contributed by atoms with Crippen molar-refractivity contribution in [3.63, 3.8) is 0 Å². The monoisotopic (exact) mass is 223 g/mol. The Morgan fingerprint density at radius 3 is 2.19 bits per heavy atom. The number of nitrogens with one attached hydrogen (secondary N) is 1. The van der Waals surface area contributed by atoms with Crippen LogP contribution in [0.1, 0.15) is 71.1 Å². The first-order chi connectivity index (χ1) is 7.86. The molecule has 0 aromatic heterocycles. The van der Waals surface area contributed by atoms with Crippen molar-refractivity contribution in [2.24, 2.45) is 11.8 Å². The fourth-order valence-corrected chi connectivity index (χ4v) is 3.51. The van der Waals surface area contributed by atoms with E-state index in [0.717, 1.165) is 17.9 Å². The van der Waals surface area contributed by atoms with Crippen LogP contribution in [0.25, 0.3) is 0 Å². The molecule has 16 heavy (non-hydrogen) atoms. The van der Waals surface area contributed by atoms with Gasteiger partial charge >= 0.3 is 0 Å². The van der Waals surface area contributed by atoms with Gasteiger partial charge in [0.1, 0.15) is 0 Å². The summed E-state index contributed by atoms with van der Waals surface area (Å²) in [4.78, 5) is 0. The molecule has 1 heteroatoms. The zero-order valence-electron chi connectivity index (χ0n) is 11.0. The van der Waals surface area contributed by atoms with Crippen molar-refractivity contribution >= 4 is 0 Å². The second-order valence-corrected chi connectivity index (χ2v) is 6.13. The van der Waals surface area contributed by atoms with Crippen LogP contribution < -0.4 is 5.32 Å². The summed E-state index contributed by atoms with van der Waals surface area (Å²) in [7, 11) is 0. The number of rotatable bonds is 3. The Morgan fingerprint density at radius 2 is 1.44 bits per heavy atom. The molecular weight excluding hydrogens is 194 g/mol. The molecular formula is C15H29N. The normalized spacial score (nSPS) is 33.6. The quantitative estimate of drug-likeness (QED) is 0.710. The third-order valence-corrected chi connectivity index (χ3v) is 4.75. The van der Waals surface area contributed by atoms with Crippen molar-refractivity contribution in [3.8, 4) is 0 Å². The lowest BCUT2D eigenvalue weighted by atomic mass is 9.88. The molecule has 0 amide bonds. The molecule has 2 unspecified atom stereocenters. The fraction of sp³-hybridized carbons (Fsp3) is 1.00. The van der Waals surface area contributed by atoms with Gasteiger partial charge in [-0.15, -0.1) is 0 Å². The topological polar surface area (TPSA) is 12.0 Å². The maximum atomic E-state index is 3.88. The zero-order chi connectivity index (χ0) is 11.2. The van der Waals surface area contributed by atoms with Crippen LogP contribution in [0.2, 0.25) is 0 Å². The van der Waals surface area contributed by atoms with Crippen LogP contribution in [0.15, 0.2) is 0 Å². The van der Waals surface area contributed by atoms with Gasteiger partial charge in [0.25, 0.3) is 0 Å². The van der Waals surface area contributed by atoms with E-state index >= 15 is 0 Å². The lowest BCUT2D eigenvalue weighted by Crippen LogP contribution is -2.37. The predicted octanol–water partition coefficient (Wildman–Crippen LogP) is 4.13. The highest BCUT2D eigenvalue weighted by molar-refractivity contribution is 4.78. The van der Waals surface area contributed by atoms with Crippen LogP contribution in [0.4, 0.5) is 0 Å². The van der Waals surface area contributed by atoms with Gasteiger partial charge in [0.05, 0.1) is 0 Å². The maximum absolute atomic E-state index is 3.88. The molecule has 2 aliphatic rings. The molecule has 2 fully saturated rings. The maximum Gasteiger partial charge on any atom is 0.00928 e. The predicted molar refractivity (Wildman–Crippen MR) is 70.6 cm³/mol. The Hall–Kier alpha value is -0.0400. The molecule has 0 aliphatic heterocycles. The van der Waals surface area contributed by atoms with Crippen LogP contribution >= 0.6 is 0 Å². The van der Waals surface area contributed by atoms with E-state index in [1.807, 2.05) is 0 Å². The SMILES string of the molecule is CC1CCCCCC1NCC1CCCCC1. The largest absolute Gasteiger partial charge is 0.313 e. The molecule has 2 rings (SSSR count). The first-order valence-electron chi connectivity index (χ1n) is 7.59. The molecule has 94 valence electrons. The van der Waals surface area contributed by atoms with Crippen molar-refractivity contribution in [2.45, 2.75) is 77.2 Å². The summed E-state index contributed by atoms with van der Waals surface area (Å²) in [5, 5.41) is 3.88. The molecule has 2 saturated carbocycles. The van der Waals surface area contributed by atoms with Crippen LogP contribution in [0, 0.1) is 11.8 Å². The molecule has 0 bridgehead atoms. The van der Waals surface area contributed by atoms with Gasteiger partial charge < -0.3 is 5.32 Å². The highest BCUT2D eigenvalue weighted by atomic mass is 14.9. The Balaban J connectivity index is 1.70. The van der Waals surface area contributed by atoms with E-state index in [0.29, 0.717) is 0 Å². The summed E-state index contributed by atoms with van der Waals surface area (Å²) in [5.41, 5.74) is 0. The van der Waals surface area contributed by atoms with Gasteiger partial charge in [-0.05, 0) is 44.1 Å². The Morgan fingerprint density at radius 1 is 0.812 bits per heavy atom. The summed E-state index contributed by atoms with van der Waals surface area (Å²) >= 11 is 0. The van der Waals surface area contributed by atoms with Gasteiger partial charge in [-0.1, -0.05) is 45.4 Å². The minimum atomic E-state index is 0.824. The van der Waals surface area contributed by atoms with Gasteiger partial charge in [-0.3, -0.25) is 0 Å². The smallest absolute Gasteiger partial charge is 0.00928 e. The molecule has 0 saturated heterocycles. The van der Waals surface area contributed by atoms with Crippen molar-refractivity contribution in [1.29, 1.82) is 0 Å². The van der Waals surface area contributed by atoms with Crippen molar-refractivity contribution in [2.75, 3.05) is 6.54 Å². The molecule has 0 spiro atoms. The first-order valence-corrected chi connectivity index (χ1v) is 7.59. The standard InChI is InChI=1S/C15H29N/c1-13-8-4-2-7-11-15(13)16-12-14-9-5-3-6-10-14/h13-16H,2-12H2,1H3. The van der Waals surface area contributed by atoms with E-state index in [4.69, 9.17) is 0 Å². The van der Waals surface area contributed by atoms with E-state index < -0.39 is 0 Å². The minimum absolute atomic E-state index is 0.824. The Bertz CT molecular complexity index is 184. The van der Waals surface area contributed by atoms with Crippen molar-refractivity contribution in [3.05, 3.63) is 0 Å². The molecule has 0 aromatic carbocycles. The second-order valence-electron chi connectivity index (χ2n) is 6.13. The lowest BCUT2D eigenvalue weighted by Gasteiger charge is -2.28. The summed E-state index contributed by atoms with van der Waals surface area (Å²) in [5.74, 6) is 1.90. The summed E-state index contributed by atoms with van der Waals surface area (Å²) < 4.78 is 0. The van der Waals surface area contributed by atoms with Crippen molar-refractivity contribution in [1.82, 2.24) is 5.32 Å². The molecule has 1 N–H and O–H groups in total. The van der Waals surface area contributed by atoms with Gasteiger partial charge in [-0.25, -0.2) is 0 Å². The molecule has 1 nitrogen and oxygen atoms in total. The fourth-order valence-electron chi connectivity index (χ4n) is 3.51. The molecule has 0 heterocycles. The average Bonchev–Trinajstić information content (AvgIpc) is 2.53. The Labute approximate surface area is 101 Å². The van der Waals surface area contributed by atoms with E-state index in [-0.39, 0.29) is 0 Å². The van der Waals surface area contributed by atoms with Crippen molar-refractivity contribution < 1.29 is 0 Å². The van der Waals surface area contributed by atoms with Gasteiger partial charge in [0, 0.05) is 6.04 Å². The molecule has 2 aliphatic carbocycles. The van der Waals surface area contributed by atoms with Crippen LogP contribution in [-0.4, -0.2) is 12.6 Å². The van der Waals surface area contributed by atoms with Crippen LogP contribution in [0.5, 0.6) is 0 Å². The minimum Gasteiger partial charge on any atom is -0.313 e. The van der Waals surface area contributed by atoms with E-state index in [1.54, 1.807) is 0 Å². The van der Waals surface area contributed by atoms with E-state index in [1.165, 1.54) is 70.8 Å².